The Kier molecular flexibility index (Phi) is 8.44. The minimum absolute atomic E-state index is 0.000652. The minimum Gasteiger partial charge on any atom is -0.347 e. The molecule has 5 aromatic rings. The molecule has 5 aromatic carbocycles. The van der Waals surface area contributed by atoms with E-state index >= 15 is 8.78 Å². The molecule has 0 amide bonds. The van der Waals surface area contributed by atoms with Crippen LogP contribution in [0.4, 0.5) is 23.2 Å². The molecule has 47 heavy (non-hydrogen) atoms. The average molecular weight is 632 g/mol. The molecule has 0 N–H and O–H groups in total. The first kappa shape index (κ1) is 32.1. The number of allylic oxidation sites excluding steroid dienone is 5. The zero-order chi connectivity index (χ0) is 33.5. The third-order valence-electron chi connectivity index (χ3n) is 9.92. The van der Waals surface area contributed by atoms with Gasteiger partial charge in [0.25, 0.3) is 0 Å². The van der Waals surface area contributed by atoms with Gasteiger partial charge in [-0.05, 0) is 96.1 Å². The molecule has 0 radical (unpaired) electrons. The summed E-state index contributed by atoms with van der Waals surface area (Å²) in [5.74, 6) is -2.37. The van der Waals surface area contributed by atoms with E-state index in [4.69, 9.17) is 0 Å². The van der Waals surface area contributed by atoms with Crippen LogP contribution >= 0.6 is 0 Å². The fraction of sp³-hybridized carbons (Fsp3) is 0.190. The quantitative estimate of drug-likeness (QED) is 0.122. The number of hydrogen-bond donors (Lipinski definition) is 0. The normalized spacial score (nSPS) is 18.2. The Labute approximate surface area is 274 Å². The Balaban J connectivity index is 1.46. The summed E-state index contributed by atoms with van der Waals surface area (Å²) in [6.07, 6.45) is 5.88. The number of aryl methyl sites for hydroxylation is 1. The number of halogens is 4. The summed E-state index contributed by atoms with van der Waals surface area (Å²) >= 11 is 0. The van der Waals surface area contributed by atoms with Gasteiger partial charge in [-0.1, -0.05) is 92.4 Å². The first-order valence-electron chi connectivity index (χ1n) is 15.7. The number of para-hydroxylation sites is 1. The summed E-state index contributed by atoms with van der Waals surface area (Å²) in [4.78, 5) is 2.05. The Morgan fingerprint density at radius 2 is 1.38 bits per heavy atom. The summed E-state index contributed by atoms with van der Waals surface area (Å²) in [7, 11) is 1.95. The number of hydrogen-bond acceptors (Lipinski definition) is 1. The molecule has 0 aliphatic carbocycles. The van der Waals surface area contributed by atoms with Crippen LogP contribution in [0.3, 0.4) is 0 Å². The summed E-state index contributed by atoms with van der Waals surface area (Å²) < 4.78 is 60.2. The van der Waals surface area contributed by atoms with Crippen LogP contribution in [0.5, 0.6) is 0 Å². The molecule has 0 saturated carbocycles. The van der Waals surface area contributed by atoms with Gasteiger partial charge in [0.15, 0.2) is 0 Å². The van der Waals surface area contributed by atoms with E-state index in [0.29, 0.717) is 5.57 Å². The Bertz CT molecular complexity index is 2030. The van der Waals surface area contributed by atoms with Gasteiger partial charge in [0.05, 0.1) is 0 Å². The molecular weight excluding hydrogens is 594 g/mol. The van der Waals surface area contributed by atoms with E-state index in [-0.39, 0.29) is 24.0 Å². The van der Waals surface area contributed by atoms with Gasteiger partial charge < -0.3 is 4.90 Å². The van der Waals surface area contributed by atoms with E-state index in [0.717, 1.165) is 38.8 Å². The Morgan fingerprint density at radius 1 is 0.787 bits per heavy atom. The number of anilines is 1. The molecule has 2 unspecified atom stereocenters. The van der Waals surface area contributed by atoms with Gasteiger partial charge in [-0.15, -0.1) is 0 Å². The molecule has 1 aliphatic rings. The molecule has 1 heterocycles. The second-order valence-electron chi connectivity index (χ2n) is 12.9. The van der Waals surface area contributed by atoms with E-state index in [1.54, 1.807) is 0 Å². The van der Waals surface area contributed by atoms with Crippen LogP contribution in [0.1, 0.15) is 41.7 Å². The highest BCUT2D eigenvalue weighted by Crippen LogP contribution is 2.49. The van der Waals surface area contributed by atoms with Gasteiger partial charge >= 0.3 is 0 Å². The molecule has 0 fully saturated rings. The highest BCUT2D eigenvalue weighted by Gasteiger charge is 2.43. The van der Waals surface area contributed by atoms with Gasteiger partial charge in [-0.2, -0.15) is 0 Å². The van der Waals surface area contributed by atoms with E-state index in [9.17, 15) is 8.78 Å². The third-order valence-corrected chi connectivity index (χ3v) is 9.92. The van der Waals surface area contributed by atoms with Crippen molar-refractivity contribution in [1.82, 2.24) is 0 Å². The molecule has 2 atom stereocenters. The number of likely N-dealkylation sites (N-methyl/N-ethyl adjacent to an activating group) is 1. The highest BCUT2D eigenvalue weighted by atomic mass is 19.1. The molecule has 1 nitrogen and oxygen atoms in total. The SMILES string of the molecule is C=C(/C=C/C=C1/N(C)c2ccccc2C1(C)Cc1c(F)cccc1F)C(C)(Cc1c(F)cccc1F)c1c(C)ccc2ccccc12. The van der Waals surface area contributed by atoms with Crippen molar-refractivity contribution in [2.24, 2.45) is 0 Å². The standard InChI is InChI=1S/C42H37F4N/c1-27-23-24-29-14-6-7-15-30(29)40(27)41(3,25-31-34(43)17-11-18-35(31)44)28(2)13-10-22-39-42(4,26-32-36(45)19-12-20-37(32)46)33-16-8-9-21-38(33)47(39)5/h6-24H,2,25-26H2,1,3-5H3/b13-10+,39-22+. The monoisotopic (exact) mass is 631 g/mol. The van der Waals surface area contributed by atoms with Gasteiger partial charge in [-0.3, -0.25) is 0 Å². The second-order valence-corrected chi connectivity index (χ2v) is 12.9. The molecule has 6 rings (SSSR count). The van der Waals surface area contributed by atoms with Crippen molar-refractivity contribution in [3.63, 3.8) is 0 Å². The molecular formula is C42H37F4N. The molecule has 5 heteroatoms. The Hall–Kier alpha value is -4.90. The molecule has 0 saturated heterocycles. The second kappa shape index (κ2) is 12.4. The number of benzene rings is 5. The first-order valence-corrected chi connectivity index (χ1v) is 15.7. The summed E-state index contributed by atoms with van der Waals surface area (Å²) in [5.41, 5.74) is 3.77. The smallest absolute Gasteiger partial charge is 0.129 e. The largest absolute Gasteiger partial charge is 0.347 e. The fourth-order valence-electron chi connectivity index (χ4n) is 7.38. The maximum atomic E-state index is 15.2. The van der Waals surface area contributed by atoms with Crippen LogP contribution in [-0.2, 0) is 23.7 Å². The van der Waals surface area contributed by atoms with Crippen molar-refractivity contribution in [2.45, 2.75) is 44.4 Å². The zero-order valence-corrected chi connectivity index (χ0v) is 27.1. The number of fused-ring (bicyclic) bond motifs is 2. The maximum Gasteiger partial charge on any atom is 0.129 e. The lowest BCUT2D eigenvalue weighted by Crippen LogP contribution is -2.30. The van der Waals surface area contributed by atoms with Crippen molar-refractivity contribution in [2.75, 3.05) is 11.9 Å². The predicted molar refractivity (Wildman–Crippen MR) is 185 cm³/mol. The third kappa shape index (κ3) is 5.58. The lowest BCUT2D eigenvalue weighted by atomic mass is 9.69. The fourth-order valence-corrected chi connectivity index (χ4v) is 7.38. The van der Waals surface area contributed by atoms with Crippen molar-refractivity contribution < 1.29 is 17.6 Å². The van der Waals surface area contributed by atoms with Crippen LogP contribution in [0.25, 0.3) is 10.8 Å². The van der Waals surface area contributed by atoms with Gasteiger partial charge in [0.1, 0.15) is 23.3 Å². The molecule has 238 valence electrons. The molecule has 1 aliphatic heterocycles. The summed E-state index contributed by atoms with van der Waals surface area (Å²) in [6, 6.07) is 27.8. The van der Waals surface area contributed by atoms with Gasteiger partial charge in [0, 0.05) is 40.4 Å². The van der Waals surface area contributed by atoms with Crippen molar-refractivity contribution in [3.05, 3.63) is 184 Å². The van der Waals surface area contributed by atoms with E-state index < -0.39 is 34.1 Å². The summed E-state index contributed by atoms with van der Waals surface area (Å²) in [5, 5.41) is 2.01. The minimum atomic E-state index is -0.896. The lowest BCUT2D eigenvalue weighted by molar-refractivity contribution is 0.499. The molecule has 0 spiro atoms. The van der Waals surface area contributed by atoms with E-state index in [2.05, 4.69) is 6.58 Å². The van der Waals surface area contributed by atoms with Crippen molar-refractivity contribution in [1.29, 1.82) is 0 Å². The van der Waals surface area contributed by atoms with Gasteiger partial charge in [0.2, 0.25) is 0 Å². The van der Waals surface area contributed by atoms with Crippen LogP contribution < -0.4 is 4.90 Å². The van der Waals surface area contributed by atoms with Crippen LogP contribution in [-0.4, -0.2) is 7.05 Å². The van der Waals surface area contributed by atoms with E-state index in [1.807, 2.05) is 112 Å². The average Bonchev–Trinajstić information content (AvgIpc) is 3.26. The van der Waals surface area contributed by atoms with Crippen LogP contribution in [0, 0.1) is 30.2 Å². The molecule has 0 aromatic heterocycles. The number of nitrogens with zero attached hydrogens (tertiary/aromatic N) is 1. The molecule has 0 bridgehead atoms. The maximum absolute atomic E-state index is 15.2. The topological polar surface area (TPSA) is 3.24 Å². The number of rotatable bonds is 8. The predicted octanol–water partition coefficient (Wildman–Crippen LogP) is 10.9. The van der Waals surface area contributed by atoms with Gasteiger partial charge in [-0.25, -0.2) is 17.6 Å². The van der Waals surface area contributed by atoms with Crippen molar-refractivity contribution >= 4 is 16.5 Å². The zero-order valence-electron chi connectivity index (χ0n) is 27.1. The lowest BCUT2D eigenvalue weighted by Gasteiger charge is -2.34. The van der Waals surface area contributed by atoms with E-state index in [1.165, 1.54) is 36.4 Å². The summed E-state index contributed by atoms with van der Waals surface area (Å²) in [6.45, 7) is 10.5. The van der Waals surface area contributed by atoms with Crippen LogP contribution in [0.2, 0.25) is 0 Å². The Morgan fingerprint density at radius 3 is 2.06 bits per heavy atom. The highest BCUT2D eigenvalue weighted by molar-refractivity contribution is 5.88. The first-order chi connectivity index (χ1) is 22.5. The van der Waals surface area contributed by atoms with Crippen LogP contribution in [0.15, 0.2) is 133 Å². The van der Waals surface area contributed by atoms with Crippen molar-refractivity contribution in [3.8, 4) is 0 Å².